The maximum Gasteiger partial charge on any atom is 0.269 e. The van der Waals surface area contributed by atoms with Crippen molar-refractivity contribution in [1.82, 2.24) is 0 Å². The quantitative estimate of drug-likeness (QED) is 0.519. The highest BCUT2D eigenvalue weighted by Gasteiger charge is 2.22. The molecule has 0 saturated carbocycles. The molecule has 1 N–H and O–H groups in total. The number of thioether (sulfide) groups is 1. The Kier molecular flexibility index (Phi) is 4.42. The predicted molar refractivity (Wildman–Crippen MR) is 79.8 cm³/mol. The van der Waals surface area contributed by atoms with Gasteiger partial charge in [0.1, 0.15) is 0 Å². The van der Waals surface area contributed by atoms with Gasteiger partial charge in [0.05, 0.1) is 10.5 Å². The van der Waals surface area contributed by atoms with Gasteiger partial charge in [0, 0.05) is 22.8 Å². The van der Waals surface area contributed by atoms with Gasteiger partial charge in [-0.1, -0.05) is 30.3 Å². The Hall–Kier alpha value is -1.85. The van der Waals surface area contributed by atoms with E-state index < -0.39 is 10.5 Å². The fourth-order valence-corrected chi connectivity index (χ4v) is 2.71. The van der Waals surface area contributed by atoms with Crippen molar-refractivity contribution in [2.45, 2.75) is 17.4 Å². The van der Waals surface area contributed by atoms with Crippen molar-refractivity contribution >= 4 is 17.4 Å². The molecule has 0 aliphatic rings. The van der Waals surface area contributed by atoms with Crippen LogP contribution in [-0.2, 0) is 5.60 Å². The second-order valence-corrected chi connectivity index (χ2v) is 5.73. The third kappa shape index (κ3) is 3.59. The summed E-state index contributed by atoms with van der Waals surface area (Å²) in [7, 11) is 0. The molecular weight excluding hydrogens is 274 g/mol. The molecule has 0 radical (unpaired) electrons. The lowest BCUT2D eigenvalue weighted by molar-refractivity contribution is -0.384. The standard InChI is InChI=1S/C15H15NO3S/c1-15(17,12-5-3-2-4-6-12)11-20-14-9-7-13(8-10-14)16(18)19/h2-10,17H,11H2,1H3. The van der Waals surface area contributed by atoms with E-state index in [9.17, 15) is 15.2 Å². The van der Waals surface area contributed by atoms with Gasteiger partial charge in [0.25, 0.3) is 5.69 Å². The molecule has 0 saturated heterocycles. The van der Waals surface area contributed by atoms with E-state index in [2.05, 4.69) is 0 Å². The zero-order valence-electron chi connectivity index (χ0n) is 11.0. The van der Waals surface area contributed by atoms with Crippen LogP contribution in [0, 0.1) is 10.1 Å². The number of rotatable bonds is 5. The Morgan fingerprint density at radius 3 is 2.30 bits per heavy atom. The normalized spacial score (nSPS) is 13.7. The number of benzene rings is 2. The van der Waals surface area contributed by atoms with E-state index in [4.69, 9.17) is 0 Å². The van der Waals surface area contributed by atoms with Crippen LogP contribution in [-0.4, -0.2) is 15.8 Å². The number of aliphatic hydroxyl groups is 1. The third-order valence-corrected chi connectivity index (χ3v) is 4.28. The molecule has 4 nitrogen and oxygen atoms in total. The largest absolute Gasteiger partial charge is 0.385 e. The first-order valence-electron chi connectivity index (χ1n) is 6.14. The summed E-state index contributed by atoms with van der Waals surface area (Å²) in [6.07, 6.45) is 0. The van der Waals surface area contributed by atoms with Crippen molar-refractivity contribution < 1.29 is 10.0 Å². The average Bonchev–Trinajstić information content (AvgIpc) is 2.46. The molecule has 0 heterocycles. The van der Waals surface area contributed by atoms with Crippen LogP contribution in [0.3, 0.4) is 0 Å². The van der Waals surface area contributed by atoms with Crippen LogP contribution < -0.4 is 0 Å². The first-order valence-corrected chi connectivity index (χ1v) is 7.13. The number of non-ortho nitro benzene ring substituents is 1. The van der Waals surface area contributed by atoms with Gasteiger partial charge in [0.2, 0.25) is 0 Å². The van der Waals surface area contributed by atoms with E-state index in [0.717, 1.165) is 10.5 Å². The summed E-state index contributed by atoms with van der Waals surface area (Å²) < 4.78 is 0. The van der Waals surface area contributed by atoms with Crippen LogP contribution in [0.4, 0.5) is 5.69 Å². The Labute approximate surface area is 121 Å². The SMILES string of the molecule is CC(O)(CSc1ccc([N+](=O)[O-])cc1)c1ccccc1. The molecule has 0 bridgehead atoms. The van der Waals surface area contributed by atoms with Crippen molar-refractivity contribution in [2.75, 3.05) is 5.75 Å². The Morgan fingerprint density at radius 1 is 1.15 bits per heavy atom. The topological polar surface area (TPSA) is 63.4 Å². The van der Waals surface area contributed by atoms with Crippen molar-refractivity contribution in [3.8, 4) is 0 Å². The van der Waals surface area contributed by atoms with Gasteiger partial charge < -0.3 is 5.11 Å². The second-order valence-electron chi connectivity index (χ2n) is 4.68. The molecule has 0 spiro atoms. The van der Waals surface area contributed by atoms with Gasteiger partial charge in [-0.05, 0) is 24.6 Å². The van der Waals surface area contributed by atoms with Gasteiger partial charge in [0.15, 0.2) is 0 Å². The molecule has 20 heavy (non-hydrogen) atoms. The van der Waals surface area contributed by atoms with Crippen LogP contribution in [0.25, 0.3) is 0 Å². The molecule has 0 fully saturated rings. The molecule has 2 aromatic rings. The predicted octanol–water partition coefficient (Wildman–Crippen LogP) is 3.59. The third-order valence-electron chi connectivity index (χ3n) is 2.96. The van der Waals surface area contributed by atoms with Crippen molar-refractivity contribution in [1.29, 1.82) is 0 Å². The maximum absolute atomic E-state index is 10.6. The molecule has 5 heteroatoms. The molecule has 0 aliphatic heterocycles. The fraction of sp³-hybridized carbons (Fsp3) is 0.200. The number of nitro benzene ring substituents is 1. The van der Waals surface area contributed by atoms with Gasteiger partial charge >= 0.3 is 0 Å². The Bertz CT molecular complexity index is 582. The van der Waals surface area contributed by atoms with Gasteiger partial charge in [-0.25, -0.2) is 0 Å². The molecule has 0 amide bonds. The van der Waals surface area contributed by atoms with Crippen molar-refractivity contribution in [3.63, 3.8) is 0 Å². The lowest BCUT2D eigenvalue weighted by Crippen LogP contribution is -2.24. The lowest BCUT2D eigenvalue weighted by Gasteiger charge is -2.23. The summed E-state index contributed by atoms with van der Waals surface area (Å²) in [6, 6.07) is 15.8. The number of hydrogen-bond acceptors (Lipinski definition) is 4. The van der Waals surface area contributed by atoms with Gasteiger partial charge in [-0.15, -0.1) is 11.8 Å². The molecule has 0 aromatic heterocycles. The lowest BCUT2D eigenvalue weighted by atomic mass is 9.99. The minimum atomic E-state index is -0.937. The highest BCUT2D eigenvalue weighted by atomic mass is 32.2. The van der Waals surface area contributed by atoms with E-state index in [1.165, 1.54) is 23.9 Å². The number of nitrogens with zero attached hydrogens (tertiary/aromatic N) is 1. The first-order chi connectivity index (χ1) is 9.49. The van der Waals surface area contributed by atoms with Crippen molar-refractivity contribution in [3.05, 3.63) is 70.3 Å². The fourth-order valence-electron chi connectivity index (χ4n) is 1.77. The van der Waals surface area contributed by atoms with Gasteiger partial charge in [-0.3, -0.25) is 10.1 Å². The number of hydrogen-bond donors (Lipinski definition) is 1. The maximum atomic E-state index is 10.6. The van der Waals surface area contributed by atoms with Crippen LogP contribution in [0.5, 0.6) is 0 Å². The smallest absolute Gasteiger partial charge is 0.269 e. The van der Waals surface area contributed by atoms with Gasteiger partial charge in [-0.2, -0.15) is 0 Å². The molecule has 2 aromatic carbocycles. The summed E-state index contributed by atoms with van der Waals surface area (Å²) in [5.41, 5.74) is -0.00756. The molecule has 1 atom stereocenters. The molecule has 2 rings (SSSR count). The summed E-state index contributed by atoms with van der Waals surface area (Å²) in [5.74, 6) is 0.481. The Morgan fingerprint density at radius 2 is 1.75 bits per heavy atom. The zero-order chi connectivity index (χ0) is 14.6. The summed E-state index contributed by atoms with van der Waals surface area (Å²) >= 11 is 1.47. The second kappa shape index (κ2) is 6.07. The summed E-state index contributed by atoms with van der Waals surface area (Å²) in [5, 5.41) is 21.0. The van der Waals surface area contributed by atoms with Crippen LogP contribution >= 0.6 is 11.8 Å². The monoisotopic (exact) mass is 289 g/mol. The highest BCUT2D eigenvalue weighted by Crippen LogP contribution is 2.30. The minimum Gasteiger partial charge on any atom is -0.385 e. The van der Waals surface area contributed by atoms with Crippen LogP contribution in [0.15, 0.2) is 59.5 Å². The molecule has 1 unspecified atom stereocenters. The molecule has 0 aliphatic carbocycles. The zero-order valence-corrected chi connectivity index (χ0v) is 11.8. The number of nitro groups is 1. The summed E-state index contributed by atoms with van der Waals surface area (Å²) in [4.78, 5) is 11.0. The molecular formula is C15H15NO3S. The first kappa shape index (κ1) is 14.6. The van der Waals surface area contributed by atoms with E-state index in [-0.39, 0.29) is 5.69 Å². The van der Waals surface area contributed by atoms with E-state index in [1.807, 2.05) is 30.3 Å². The van der Waals surface area contributed by atoms with E-state index in [0.29, 0.717) is 5.75 Å². The average molecular weight is 289 g/mol. The highest BCUT2D eigenvalue weighted by molar-refractivity contribution is 7.99. The summed E-state index contributed by atoms with van der Waals surface area (Å²) in [6.45, 7) is 1.76. The van der Waals surface area contributed by atoms with Crippen LogP contribution in [0.2, 0.25) is 0 Å². The minimum absolute atomic E-state index is 0.0733. The van der Waals surface area contributed by atoms with E-state index in [1.54, 1.807) is 19.1 Å². The van der Waals surface area contributed by atoms with Crippen molar-refractivity contribution in [2.24, 2.45) is 0 Å². The Balaban J connectivity index is 2.03. The van der Waals surface area contributed by atoms with E-state index >= 15 is 0 Å². The molecule has 104 valence electrons. The van der Waals surface area contributed by atoms with Crippen LogP contribution in [0.1, 0.15) is 12.5 Å².